The molecule has 0 fully saturated rings. The van der Waals surface area contributed by atoms with Crippen molar-refractivity contribution in [2.45, 2.75) is 6.54 Å². The highest BCUT2D eigenvalue weighted by Gasteiger charge is 2.12. The van der Waals surface area contributed by atoms with Crippen LogP contribution in [0, 0.1) is 10.1 Å². The number of anilines is 1. The molecular weight excluding hydrogens is 380 g/mol. The molecule has 0 bridgehead atoms. The van der Waals surface area contributed by atoms with E-state index in [0.29, 0.717) is 12.5 Å². The van der Waals surface area contributed by atoms with Crippen molar-refractivity contribution in [2.24, 2.45) is 7.05 Å². The van der Waals surface area contributed by atoms with Crippen LogP contribution in [0.2, 0.25) is 0 Å². The molecule has 0 amide bonds. The van der Waals surface area contributed by atoms with Crippen LogP contribution < -0.4 is 10.1 Å². The fraction of sp³-hybridized carbons (Fsp3) is 0.0870. The Morgan fingerprint density at radius 2 is 1.77 bits per heavy atom. The van der Waals surface area contributed by atoms with E-state index in [0.717, 1.165) is 28.3 Å². The van der Waals surface area contributed by atoms with Gasteiger partial charge in [-0.1, -0.05) is 42.5 Å². The van der Waals surface area contributed by atoms with Crippen LogP contribution in [0.3, 0.4) is 0 Å². The number of hydrogen-bond donors (Lipinski definition) is 1. The zero-order valence-corrected chi connectivity index (χ0v) is 16.4. The normalized spacial score (nSPS) is 10.6. The van der Waals surface area contributed by atoms with Gasteiger partial charge in [0.05, 0.1) is 16.8 Å². The summed E-state index contributed by atoms with van der Waals surface area (Å²) < 4.78 is 7.76. The molecule has 3 aromatic carbocycles. The highest BCUT2D eigenvalue weighted by atomic mass is 16.6. The number of para-hydroxylation sites is 1. The lowest BCUT2D eigenvalue weighted by Gasteiger charge is -2.10. The van der Waals surface area contributed by atoms with Gasteiger partial charge < -0.3 is 14.6 Å². The minimum Gasteiger partial charge on any atom is -0.457 e. The van der Waals surface area contributed by atoms with Crippen molar-refractivity contribution in [3.8, 4) is 22.8 Å². The van der Waals surface area contributed by atoms with Crippen molar-refractivity contribution in [2.75, 3.05) is 5.32 Å². The largest absolute Gasteiger partial charge is 0.457 e. The van der Waals surface area contributed by atoms with Crippen molar-refractivity contribution in [3.05, 3.63) is 101 Å². The molecule has 1 aromatic heterocycles. The second kappa shape index (κ2) is 8.48. The Balaban J connectivity index is 1.47. The fourth-order valence-corrected chi connectivity index (χ4v) is 3.15. The van der Waals surface area contributed by atoms with Crippen molar-refractivity contribution in [1.29, 1.82) is 0 Å². The third kappa shape index (κ3) is 4.30. The highest BCUT2D eigenvalue weighted by molar-refractivity contribution is 5.64. The Bertz CT molecular complexity index is 1170. The summed E-state index contributed by atoms with van der Waals surface area (Å²) in [5.74, 6) is 2.22. The van der Waals surface area contributed by atoms with Gasteiger partial charge in [0.1, 0.15) is 11.5 Å². The summed E-state index contributed by atoms with van der Waals surface area (Å²) >= 11 is 0. The fourth-order valence-electron chi connectivity index (χ4n) is 3.15. The maximum absolute atomic E-state index is 11.0. The van der Waals surface area contributed by atoms with Crippen LogP contribution in [0.25, 0.3) is 11.3 Å². The number of non-ortho nitro benzene ring substituents is 1. The lowest BCUT2D eigenvalue weighted by atomic mass is 10.1. The molecule has 30 heavy (non-hydrogen) atoms. The molecule has 0 radical (unpaired) electrons. The summed E-state index contributed by atoms with van der Waals surface area (Å²) in [5.41, 5.74) is 2.63. The third-order valence-corrected chi connectivity index (χ3v) is 4.67. The summed E-state index contributed by atoms with van der Waals surface area (Å²) in [6, 6.07) is 24.0. The molecule has 1 heterocycles. The van der Waals surface area contributed by atoms with Crippen molar-refractivity contribution in [1.82, 2.24) is 9.55 Å². The van der Waals surface area contributed by atoms with E-state index in [1.807, 2.05) is 72.3 Å². The van der Waals surface area contributed by atoms with Crippen LogP contribution in [-0.4, -0.2) is 14.5 Å². The van der Waals surface area contributed by atoms with Gasteiger partial charge in [-0.15, -0.1) is 0 Å². The Kier molecular flexibility index (Phi) is 5.43. The van der Waals surface area contributed by atoms with Gasteiger partial charge in [-0.2, -0.15) is 0 Å². The van der Waals surface area contributed by atoms with E-state index in [9.17, 15) is 10.1 Å². The average Bonchev–Trinajstić information content (AvgIpc) is 3.13. The average molecular weight is 400 g/mol. The Morgan fingerprint density at radius 3 is 2.57 bits per heavy atom. The van der Waals surface area contributed by atoms with E-state index in [1.165, 1.54) is 6.07 Å². The van der Waals surface area contributed by atoms with Crippen LogP contribution in [-0.2, 0) is 13.6 Å². The topological polar surface area (TPSA) is 82.2 Å². The van der Waals surface area contributed by atoms with Crippen molar-refractivity contribution in [3.63, 3.8) is 0 Å². The molecule has 0 aliphatic carbocycles. The number of aromatic nitrogens is 2. The first kappa shape index (κ1) is 19.2. The van der Waals surface area contributed by atoms with E-state index >= 15 is 0 Å². The van der Waals surface area contributed by atoms with Gasteiger partial charge in [0.25, 0.3) is 5.69 Å². The number of rotatable bonds is 7. The Morgan fingerprint density at radius 1 is 1.00 bits per heavy atom. The van der Waals surface area contributed by atoms with Gasteiger partial charge in [0.2, 0.25) is 5.95 Å². The SMILES string of the molecule is Cn1c(-c2cccc([N+](=O)[O-])c2)cnc1NCc1cccc(Oc2ccccc2)c1. The zero-order valence-electron chi connectivity index (χ0n) is 16.4. The number of ether oxygens (including phenoxy) is 1. The van der Waals surface area contributed by atoms with Gasteiger partial charge >= 0.3 is 0 Å². The Labute approximate surface area is 173 Å². The van der Waals surface area contributed by atoms with E-state index in [1.54, 1.807) is 18.3 Å². The number of nitrogens with zero attached hydrogens (tertiary/aromatic N) is 3. The maximum Gasteiger partial charge on any atom is 0.270 e. The highest BCUT2D eigenvalue weighted by Crippen LogP contribution is 2.26. The standard InChI is InChI=1S/C23H20N4O3/c1-26-22(18-8-6-9-19(14-18)27(28)29)16-25-23(26)24-15-17-7-5-12-21(13-17)30-20-10-3-2-4-11-20/h2-14,16H,15H2,1H3,(H,24,25). The summed E-state index contributed by atoms with van der Waals surface area (Å²) in [6.45, 7) is 0.561. The molecule has 0 aliphatic heterocycles. The lowest BCUT2D eigenvalue weighted by Crippen LogP contribution is -2.05. The van der Waals surface area contributed by atoms with Gasteiger partial charge in [0.15, 0.2) is 0 Å². The molecule has 7 nitrogen and oxygen atoms in total. The van der Waals surface area contributed by atoms with Crippen molar-refractivity contribution >= 4 is 11.6 Å². The zero-order chi connectivity index (χ0) is 20.9. The van der Waals surface area contributed by atoms with Gasteiger partial charge in [-0.05, 0) is 29.8 Å². The predicted octanol–water partition coefficient (Wildman–Crippen LogP) is 5.40. The molecule has 0 aliphatic rings. The minimum atomic E-state index is -0.399. The van der Waals surface area contributed by atoms with E-state index in [-0.39, 0.29) is 5.69 Å². The number of nitro groups is 1. The van der Waals surface area contributed by atoms with Gasteiger partial charge in [-0.3, -0.25) is 10.1 Å². The van der Waals surface area contributed by atoms with Crippen LogP contribution in [0.4, 0.5) is 11.6 Å². The summed E-state index contributed by atoms with van der Waals surface area (Å²) in [5, 5.41) is 14.3. The molecule has 4 aromatic rings. The summed E-state index contributed by atoms with van der Waals surface area (Å²) in [6.07, 6.45) is 1.70. The molecular formula is C23H20N4O3. The molecule has 0 unspecified atom stereocenters. The monoisotopic (exact) mass is 400 g/mol. The Hall–Kier alpha value is -4.13. The number of nitro benzene ring substituents is 1. The van der Waals surface area contributed by atoms with Gasteiger partial charge in [0, 0.05) is 31.3 Å². The lowest BCUT2D eigenvalue weighted by molar-refractivity contribution is -0.384. The second-order valence-electron chi connectivity index (χ2n) is 6.75. The second-order valence-corrected chi connectivity index (χ2v) is 6.75. The smallest absolute Gasteiger partial charge is 0.270 e. The molecule has 0 spiro atoms. The number of hydrogen-bond acceptors (Lipinski definition) is 5. The molecule has 150 valence electrons. The van der Waals surface area contributed by atoms with Crippen LogP contribution in [0.15, 0.2) is 85.1 Å². The van der Waals surface area contributed by atoms with Crippen LogP contribution >= 0.6 is 0 Å². The van der Waals surface area contributed by atoms with E-state index in [4.69, 9.17) is 4.74 Å². The maximum atomic E-state index is 11.0. The predicted molar refractivity (Wildman–Crippen MR) is 116 cm³/mol. The molecule has 0 saturated carbocycles. The first-order valence-electron chi connectivity index (χ1n) is 9.42. The number of benzene rings is 3. The van der Waals surface area contributed by atoms with Crippen LogP contribution in [0.1, 0.15) is 5.56 Å². The first-order valence-corrected chi connectivity index (χ1v) is 9.42. The van der Waals surface area contributed by atoms with Crippen molar-refractivity contribution < 1.29 is 9.66 Å². The first-order chi connectivity index (χ1) is 14.6. The summed E-state index contributed by atoms with van der Waals surface area (Å²) in [7, 11) is 1.87. The quantitative estimate of drug-likeness (QED) is 0.332. The molecule has 0 saturated heterocycles. The minimum absolute atomic E-state index is 0.0541. The number of imidazole rings is 1. The third-order valence-electron chi connectivity index (χ3n) is 4.67. The van der Waals surface area contributed by atoms with Crippen LogP contribution in [0.5, 0.6) is 11.5 Å². The summed E-state index contributed by atoms with van der Waals surface area (Å²) in [4.78, 5) is 15.1. The van der Waals surface area contributed by atoms with Gasteiger partial charge in [-0.25, -0.2) is 4.98 Å². The van der Waals surface area contributed by atoms with E-state index in [2.05, 4.69) is 10.3 Å². The van der Waals surface area contributed by atoms with E-state index < -0.39 is 4.92 Å². The molecule has 1 N–H and O–H groups in total. The molecule has 7 heteroatoms. The number of nitrogens with one attached hydrogen (secondary N) is 1. The molecule has 0 atom stereocenters. The molecule has 4 rings (SSSR count).